The van der Waals surface area contributed by atoms with E-state index in [1.807, 2.05) is 14.0 Å². The van der Waals surface area contributed by atoms with Gasteiger partial charge in [-0.15, -0.1) is 11.3 Å². The van der Waals surface area contributed by atoms with Gasteiger partial charge in [0.25, 0.3) is 11.2 Å². The van der Waals surface area contributed by atoms with Crippen molar-refractivity contribution in [2.45, 2.75) is 13.5 Å². The summed E-state index contributed by atoms with van der Waals surface area (Å²) in [5.41, 5.74) is 1.92. The number of nitrogens with zero attached hydrogens (tertiary/aromatic N) is 5. The van der Waals surface area contributed by atoms with Gasteiger partial charge in [0.05, 0.1) is 27.4 Å². The Morgan fingerprint density at radius 2 is 2.00 bits per heavy atom. The van der Waals surface area contributed by atoms with E-state index in [-0.39, 0.29) is 17.8 Å². The molecule has 25 heavy (non-hydrogen) atoms. The number of hydrogen-bond donors (Lipinski definition) is 0. The van der Waals surface area contributed by atoms with Gasteiger partial charge in [-0.25, -0.2) is 9.67 Å². The van der Waals surface area contributed by atoms with Gasteiger partial charge < -0.3 is 4.57 Å². The molecule has 0 N–H and O–H groups in total. The molecule has 0 atom stereocenters. The Labute approximate surface area is 145 Å². The first-order valence-corrected chi connectivity index (χ1v) is 8.32. The van der Waals surface area contributed by atoms with Crippen molar-refractivity contribution in [3.8, 4) is 0 Å². The third kappa shape index (κ3) is 2.40. The van der Waals surface area contributed by atoms with E-state index in [2.05, 4.69) is 10.1 Å². The van der Waals surface area contributed by atoms with Gasteiger partial charge in [-0.1, -0.05) is 12.1 Å². The van der Waals surface area contributed by atoms with Crippen molar-refractivity contribution in [2.75, 3.05) is 0 Å². The largest absolute Gasteiger partial charge is 0.323 e. The van der Waals surface area contributed by atoms with Crippen molar-refractivity contribution in [1.82, 2.24) is 19.3 Å². The van der Waals surface area contributed by atoms with Crippen LogP contribution in [-0.2, 0) is 13.6 Å². The fourth-order valence-corrected chi connectivity index (χ4v) is 3.86. The molecule has 3 heterocycles. The third-order valence-corrected chi connectivity index (χ3v) is 5.11. The number of aryl methyl sites for hydroxylation is 2. The van der Waals surface area contributed by atoms with Crippen LogP contribution in [0.3, 0.4) is 0 Å². The highest BCUT2D eigenvalue weighted by molar-refractivity contribution is 7.19. The van der Waals surface area contributed by atoms with Gasteiger partial charge in [-0.05, 0) is 12.5 Å². The van der Waals surface area contributed by atoms with Gasteiger partial charge in [0.15, 0.2) is 5.65 Å². The summed E-state index contributed by atoms with van der Waals surface area (Å²) in [4.78, 5) is 27.6. The molecule has 0 amide bonds. The molecule has 9 heteroatoms. The average Bonchev–Trinajstić information content (AvgIpc) is 3.08. The summed E-state index contributed by atoms with van der Waals surface area (Å²) in [5.74, 6) is 0. The van der Waals surface area contributed by atoms with Crippen LogP contribution >= 0.6 is 11.3 Å². The molecule has 0 saturated heterocycles. The lowest BCUT2D eigenvalue weighted by molar-refractivity contribution is -0.384. The maximum atomic E-state index is 12.8. The lowest BCUT2D eigenvalue weighted by Crippen LogP contribution is -2.24. The molecule has 0 aliphatic rings. The molecular formula is C16H13N5O3S. The predicted molar refractivity (Wildman–Crippen MR) is 95.1 cm³/mol. The van der Waals surface area contributed by atoms with Crippen molar-refractivity contribution in [1.29, 1.82) is 0 Å². The molecule has 0 bridgehead atoms. The Balaban J connectivity index is 1.80. The first-order chi connectivity index (χ1) is 12.0. The number of non-ortho nitro benzene ring substituents is 1. The van der Waals surface area contributed by atoms with E-state index in [1.165, 1.54) is 16.8 Å². The van der Waals surface area contributed by atoms with Crippen molar-refractivity contribution in [3.05, 3.63) is 61.5 Å². The summed E-state index contributed by atoms with van der Waals surface area (Å²) >= 11 is 1.54. The van der Waals surface area contributed by atoms with Gasteiger partial charge in [0.1, 0.15) is 5.52 Å². The van der Waals surface area contributed by atoms with Crippen LogP contribution in [0.1, 0.15) is 10.6 Å². The Kier molecular flexibility index (Phi) is 3.39. The zero-order valence-corrected chi connectivity index (χ0v) is 14.3. The Bertz CT molecular complexity index is 1190. The molecule has 0 aliphatic carbocycles. The van der Waals surface area contributed by atoms with E-state index in [0.29, 0.717) is 5.52 Å². The minimum Gasteiger partial charge on any atom is -0.323 e. The van der Waals surface area contributed by atoms with Crippen LogP contribution in [0.15, 0.2) is 35.3 Å². The summed E-state index contributed by atoms with van der Waals surface area (Å²) < 4.78 is 4.12. The van der Waals surface area contributed by atoms with Crippen LogP contribution in [0.25, 0.3) is 21.3 Å². The lowest BCUT2D eigenvalue weighted by atomic mass is 10.2. The van der Waals surface area contributed by atoms with Crippen LogP contribution < -0.4 is 5.56 Å². The lowest BCUT2D eigenvalue weighted by Gasteiger charge is -2.05. The number of thiazole rings is 1. The number of aromatic nitrogens is 4. The van der Waals surface area contributed by atoms with E-state index in [1.54, 1.807) is 34.2 Å². The molecule has 0 radical (unpaired) electrons. The second-order valence-corrected chi connectivity index (χ2v) is 6.94. The number of hydrogen-bond acceptors (Lipinski definition) is 6. The number of nitro groups is 1. The van der Waals surface area contributed by atoms with E-state index in [0.717, 1.165) is 26.3 Å². The first-order valence-electron chi connectivity index (χ1n) is 7.50. The average molecular weight is 355 g/mol. The second kappa shape index (κ2) is 5.49. The zero-order valence-electron chi connectivity index (χ0n) is 13.5. The molecule has 0 spiro atoms. The number of rotatable bonds is 3. The topological polar surface area (TPSA) is 95.8 Å². The van der Waals surface area contributed by atoms with Crippen LogP contribution in [0.5, 0.6) is 0 Å². The van der Waals surface area contributed by atoms with Gasteiger partial charge in [-0.3, -0.25) is 14.9 Å². The fraction of sp³-hybridized carbons (Fsp3) is 0.188. The number of nitro benzene ring substituents is 1. The Hall–Kier alpha value is -3.07. The van der Waals surface area contributed by atoms with E-state index >= 15 is 0 Å². The van der Waals surface area contributed by atoms with Crippen LogP contribution in [0, 0.1) is 17.0 Å². The van der Waals surface area contributed by atoms with E-state index in [4.69, 9.17) is 0 Å². The summed E-state index contributed by atoms with van der Waals surface area (Å²) in [5, 5.41) is 16.7. The predicted octanol–water partition coefficient (Wildman–Crippen LogP) is 2.61. The SMILES string of the molecule is Cc1nc2c(s1)c1cnn(Cc3ccc([N+](=O)[O-])cc3)c(=O)c1n2C. The smallest absolute Gasteiger partial charge is 0.291 e. The zero-order chi connectivity index (χ0) is 17.7. The monoisotopic (exact) mass is 355 g/mol. The van der Waals surface area contributed by atoms with Gasteiger partial charge in [0.2, 0.25) is 0 Å². The Morgan fingerprint density at radius 1 is 1.28 bits per heavy atom. The minimum atomic E-state index is -0.452. The second-order valence-electron chi connectivity index (χ2n) is 5.74. The summed E-state index contributed by atoms with van der Waals surface area (Å²) in [6, 6.07) is 6.10. The quantitative estimate of drug-likeness (QED) is 0.416. The number of fused-ring (bicyclic) bond motifs is 3. The van der Waals surface area contributed by atoms with Crippen molar-refractivity contribution >= 4 is 38.3 Å². The molecule has 3 aromatic heterocycles. The van der Waals surface area contributed by atoms with Gasteiger partial charge in [-0.2, -0.15) is 5.10 Å². The molecule has 4 rings (SSSR count). The maximum Gasteiger partial charge on any atom is 0.291 e. The molecule has 0 saturated carbocycles. The summed E-state index contributed by atoms with van der Waals surface area (Å²) in [7, 11) is 1.82. The van der Waals surface area contributed by atoms with Gasteiger partial charge in [0, 0.05) is 24.6 Å². The van der Waals surface area contributed by atoms with Gasteiger partial charge >= 0.3 is 0 Å². The van der Waals surface area contributed by atoms with Crippen LogP contribution in [0.4, 0.5) is 5.69 Å². The normalized spacial score (nSPS) is 11.4. The summed E-state index contributed by atoms with van der Waals surface area (Å²) in [6.07, 6.45) is 1.68. The van der Waals surface area contributed by atoms with Crippen LogP contribution in [0.2, 0.25) is 0 Å². The van der Waals surface area contributed by atoms with Crippen LogP contribution in [-0.4, -0.2) is 24.3 Å². The molecule has 0 aliphatic heterocycles. The highest BCUT2D eigenvalue weighted by Gasteiger charge is 2.17. The molecule has 126 valence electrons. The van der Waals surface area contributed by atoms with E-state index < -0.39 is 4.92 Å². The molecular weight excluding hydrogens is 342 g/mol. The number of benzene rings is 1. The fourth-order valence-electron chi connectivity index (χ4n) is 2.90. The Morgan fingerprint density at radius 3 is 2.68 bits per heavy atom. The first kappa shape index (κ1) is 15.5. The highest BCUT2D eigenvalue weighted by Crippen LogP contribution is 2.30. The molecule has 0 fully saturated rings. The molecule has 0 unspecified atom stereocenters. The van der Waals surface area contributed by atoms with Crippen molar-refractivity contribution in [3.63, 3.8) is 0 Å². The molecule has 1 aromatic carbocycles. The third-order valence-electron chi connectivity index (χ3n) is 4.11. The molecule has 8 nitrogen and oxygen atoms in total. The molecule has 4 aromatic rings. The minimum absolute atomic E-state index is 0.0172. The highest BCUT2D eigenvalue weighted by atomic mass is 32.1. The van der Waals surface area contributed by atoms with Crippen molar-refractivity contribution in [2.24, 2.45) is 7.05 Å². The van der Waals surface area contributed by atoms with E-state index in [9.17, 15) is 14.9 Å². The standard InChI is InChI=1S/C16H13N5O3S/c1-9-18-15-14(25-9)12-7-17-20(16(22)13(12)19(15)2)8-10-3-5-11(6-4-10)21(23)24/h3-7H,8H2,1-2H3. The van der Waals surface area contributed by atoms with Crippen molar-refractivity contribution < 1.29 is 4.92 Å². The maximum absolute atomic E-state index is 12.8. The summed E-state index contributed by atoms with van der Waals surface area (Å²) in [6.45, 7) is 2.18.